The van der Waals surface area contributed by atoms with Crippen LogP contribution in [0, 0.1) is 5.82 Å². The molecule has 19 heavy (non-hydrogen) atoms. The largest absolute Gasteiger partial charge is 0.353 e. The van der Waals surface area contributed by atoms with Gasteiger partial charge >= 0.3 is 0 Å². The molecule has 0 atom stereocenters. The molecule has 102 valence electrons. The summed E-state index contributed by atoms with van der Waals surface area (Å²) in [5.41, 5.74) is 1.13. The van der Waals surface area contributed by atoms with Crippen molar-refractivity contribution in [3.8, 4) is 0 Å². The van der Waals surface area contributed by atoms with E-state index in [9.17, 15) is 4.39 Å². The van der Waals surface area contributed by atoms with Crippen molar-refractivity contribution in [2.24, 2.45) is 4.99 Å². The molecule has 0 aromatic heterocycles. The van der Waals surface area contributed by atoms with Gasteiger partial charge in [-0.3, -0.25) is 4.99 Å². The molecule has 1 aliphatic carbocycles. The number of benzene rings is 1. The Labute approximate surface area is 117 Å². The predicted molar refractivity (Wildman–Crippen MR) is 75.2 cm³/mol. The summed E-state index contributed by atoms with van der Waals surface area (Å²) in [5.74, 6) is 1.13. The van der Waals surface area contributed by atoms with Crippen molar-refractivity contribution in [1.29, 1.82) is 0 Å². The Bertz CT molecular complexity index is 511. The van der Waals surface area contributed by atoms with E-state index in [1.54, 1.807) is 6.07 Å². The van der Waals surface area contributed by atoms with E-state index in [1.807, 2.05) is 6.07 Å². The molecule has 1 aromatic rings. The van der Waals surface area contributed by atoms with Crippen LogP contribution in [-0.4, -0.2) is 37.0 Å². The van der Waals surface area contributed by atoms with Crippen molar-refractivity contribution in [1.82, 2.24) is 10.2 Å². The van der Waals surface area contributed by atoms with E-state index in [1.165, 1.54) is 6.07 Å². The van der Waals surface area contributed by atoms with E-state index in [0.29, 0.717) is 12.0 Å². The summed E-state index contributed by atoms with van der Waals surface area (Å²) in [7, 11) is 2.05. The minimum Gasteiger partial charge on any atom is -0.353 e. The standard InChI is InChI=1S/C14H17ClFN3/c1-19-5-4-17-14(19)18-11-6-10(7-11)9-2-3-13(16)12(15)8-9/h2-3,8,10-11H,4-7H2,1H3,(H,17,18). The maximum atomic E-state index is 13.1. The second kappa shape index (κ2) is 5.00. The first-order valence-corrected chi connectivity index (χ1v) is 6.98. The molecule has 0 bridgehead atoms. The van der Waals surface area contributed by atoms with Crippen LogP contribution in [0.3, 0.4) is 0 Å². The monoisotopic (exact) mass is 281 g/mol. The highest BCUT2D eigenvalue weighted by Crippen LogP contribution is 2.38. The van der Waals surface area contributed by atoms with E-state index in [-0.39, 0.29) is 10.8 Å². The Morgan fingerprint density at radius 3 is 2.84 bits per heavy atom. The smallest absolute Gasteiger partial charge is 0.194 e. The Hall–Kier alpha value is -1.29. The minimum atomic E-state index is -0.346. The third-order valence-corrected chi connectivity index (χ3v) is 4.23. The van der Waals surface area contributed by atoms with Crippen LogP contribution >= 0.6 is 11.6 Å². The topological polar surface area (TPSA) is 27.6 Å². The predicted octanol–water partition coefficient (Wildman–Crippen LogP) is 2.62. The van der Waals surface area contributed by atoms with Crippen molar-refractivity contribution in [2.75, 3.05) is 20.1 Å². The highest BCUT2D eigenvalue weighted by molar-refractivity contribution is 6.30. The van der Waals surface area contributed by atoms with Crippen molar-refractivity contribution in [3.63, 3.8) is 0 Å². The molecule has 2 aliphatic rings. The molecule has 0 saturated heterocycles. The van der Waals surface area contributed by atoms with Gasteiger partial charge in [0.2, 0.25) is 0 Å². The third-order valence-electron chi connectivity index (χ3n) is 3.94. The molecular formula is C14H17ClFN3. The molecule has 1 N–H and O–H groups in total. The van der Waals surface area contributed by atoms with Gasteiger partial charge in [0.15, 0.2) is 5.96 Å². The number of nitrogens with zero attached hydrogens (tertiary/aromatic N) is 2. The molecule has 1 fully saturated rings. The molecule has 1 aromatic carbocycles. The number of guanidine groups is 1. The van der Waals surface area contributed by atoms with Gasteiger partial charge < -0.3 is 10.2 Å². The second-order valence-corrected chi connectivity index (χ2v) is 5.72. The van der Waals surface area contributed by atoms with Crippen LogP contribution in [0.5, 0.6) is 0 Å². The van der Waals surface area contributed by atoms with Gasteiger partial charge in [-0.25, -0.2) is 4.39 Å². The van der Waals surface area contributed by atoms with Gasteiger partial charge in [-0.05, 0) is 36.5 Å². The first kappa shape index (κ1) is 12.7. The first-order valence-electron chi connectivity index (χ1n) is 6.60. The van der Waals surface area contributed by atoms with E-state index in [4.69, 9.17) is 11.6 Å². The van der Waals surface area contributed by atoms with Gasteiger partial charge in [-0.2, -0.15) is 0 Å². The van der Waals surface area contributed by atoms with Crippen LogP contribution < -0.4 is 5.32 Å². The van der Waals surface area contributed by atoms with Crippen molar-refractivity contribution in [3.05, 3.63) is 34.6 Å². The molecule has 1 aliphatic heterocycles. The molecular weight excluding hydrogens is 265 g/mol. The van der Waals surface area contributed by atoms with Crippen LogP contribution in [-0.2, 0) is 0 Å². The van der Waals surface area contributed by atoms with Crippen LogP contribution in [0.2, 0.25) is 5.02 Å². The van der Waals surface area contributed by atoms with Gasteiger partial charge in [0.1, 0.15) is 5.82 Å². The van der Waals surface area contributed by atoms with Crippen molar-refractivity contribution in [2.45, 2.75) is 24.8 Å². The molecule has 0 amide bonds. The maximum absolute atomic E-state index is 13.1. The Kier molecular flexibility index (Phi) is 3.35. The lowest BCUT2D eigenvalue weighted by atomic mass is 9.76. The number of aliphatic imine (C=N–C) groups is 1. The van der Waals surface area contributed by atoms with Gasteiger partial charge in [-0.15, -0.1) is 0 Å². The summed E-state index contributed by atoms with van der Waals surface area (Å²) in [6.45, 7) is 1.87. The van der Waals surface area contributed by atoms with Crippen molar-refractivity contribution >= 4 is 17.6 Å². The zero-order chi connectivity index (χ0) is 13.4. The summed E-state index contributed by atoms with van der Waals surface area (Å²) >= 11 is 5.82. The van der Waals surface area contributed by atoms with E-state index in [2.05, 4.69) is 22.3 Å². The maximum Gasteiger partial charge on any atom is 0.194 e. The van der Waals surface area contributed by atoms with Crippen LogP contribution in [0.15, 0.2) is 23.2 Å². The quantitative estimate of drug-likeness (QED) is 0.902. The number of likely N-dealkylation sites (N-methyl/N-ethyl adjacent to an activating group) is 1. The highest BCUT2D eigenvalue weighted by Gasteiger charge is 2.32. The fourth-order valence-electron chi connectivity index (χ4n) is 2.65. The lowest BCUT2D eigenvalue weighted by Crippen LogP contribution is -2.47. The van der Waals surface area contributed by atoms with Gasteiger partial charge in [0, 0.05) is 19.6 Å². The summed E-state index contributed by atoms with van der Waals surface area (Å²) in [4.78, 5) is 6.56. The summed E-state index contributed by atoms with van der Waals surface area (Å²) in [6, 6.07) is 5.50. The molecule has 0 radical (unpaired) electrons. The molecule has 3 nitrogen and oxygen atoms in total. The van der Waals surface area contributed by atoms with Crippen LogP contribution in [0.25, 0.3) is 0 Å². The first-order chi connectivity index (χ1) is 9.13. The number of hydrogen-bond donors (Lipinski definition) is 1. The second-order valence-electron chi connectivity index (χ2n) is 5.31. The average molecular weight is 282 g/mol. The number of rotatable bonds is 2. The summed E-state index contributed by atoms with van der Waals surface area (Å²) in [5, 5.41) is 3.68. The zero-order valence-corrected chi connectivity index (χ0v) is 11.6. The third kappa shape index (κ3) is 2.54. The molecule has 1 saturated carbocycles. The Balaban J connectivity index is 1.56. The SMILES string of the molecule is CN1CCN=C1NC1CC(c2ccc(F)c(Cl)c2)C1. The lowest BCUT2D eigenvalue weighted by molar-refractivity contribution is 0.315. The Morgan fingerprint density at radius 2 is 2.21 bits per heavy atom. The summed E-state index contributed by atoms with van der Waals surface area (Å²) < 4.78 is 13.1. The van der Waals surface area contributed by atoms with Gasteiger partial charge in [0.05, 0.1) is 11.6 Å². The molecule has 3 rings (SSSR count). The Morgan fingerprint density at radius 1 is 1.42 bits per heavy atom. The van der Waals surface area contributed by atoms with Crippen LogP contribution in [0.4, 0.5) is 4.39 Å². The van der Waals surface area contributed by atoms with E-state index >= 15 is 0 Å². The number of hydrogen-bond acceptors (Lipinski definition) is 3. The molecule has 5 heteroatoms. The van der Waals surface area contributed by atoms with Crippen LogP contribution in [0.1, 0.15) is 24.3 Å². The number of nitrogens with one attached hydrogen (secondary N) is 1. The van der Waals surface area contributed by atoms with E-state index < -0.39 is 0 Å². The van der Waals surface area contributed by atoms with Gasteiger partial charge in [-0.1, -0.05) is 17.7 Å². The molecule has 0 unspecified atom stereocenters. The lowest BCUT2D eigenvalue weighted by Gasteiger charge is -2.37. The van der Waals surface area contributed by atoms with Gasteiger partial charge in [0.25, 0.3) is 0 Å². The van der Waals surface area contributed by atoms with E-state index in [0.717, 1.165) is 37.5 Å². The average Bonchev–Trinajstić information content (AvgIpc) is 2.73. The fourth-order valence-corrected chi connectivity index (χ4v) is 2.83. The zero-order valence-electron chi connectivity index (χ0n) is 10.9. The minimum absolute atomic E-state index is 0.216. The highest BCUT2D eigenvalue weighted by atomic mass is 35.5. The fraction of sp³-hybridized carbons (Fsp3) is 0.500. The summed E-state index contributed by atoms with van der Waals surface area (Å²) in [6.07, 6.45) is 2.10. The van der Waals surface area contributed by atoms with Crippen molar-refractivity contribution < 1.29 is 4.39 Å². The molecule has 1 heterocycles. The normalized spacial score (nSPS) is 26.1. The number of halogens is 2. The molecule has 0 spiro atoms.